The van der Waals surface area contributed by atoms with Crippen LogP contribution in [-0.4, -0.2) is 86.7 Å². The van der Waals surface area contributed by atoms with Gasteiger partial charge in [-0.3, -0.25) is 19.1 Å². The molecule has 0 saturated carbocycles. The Hall–Kier alpha value is -2.16. The van der Waals surface area contributed by atoms with Crippen LogP contribution in [0.3, 0.4) is 0 Å². The summed E-state index contributed by atoms with van der Waals surface area (Å²) in [6.07, 6.45) is 7.38. The Bertz CT molecular complexity index is 787. The minimum absolute atomic E-state index is 0.00550. The smallest absolute Gasteiger partial charge is 0.342 e. The minimum atomic E-state index is -0.166. The molecule has 2 fully saturated rings. The summed E-state index contributed by atoms with van der Waals surface area (Å²) >= 11 is 0. The van der Waals surface area contributed by atoms with E-state index in [4.69, 9.17) is 0 Å². The van der Waals surface area contributed by atoms with E-state index in [1.54, 1.807) is 9.47 Å². The topological polar surface area (TPSA) is 83.7 Å². The van der Waals surface area contributed by atoms with Gasteiger partial charge in [0.15, 0.2) is 0 Å². The molecule has 1 aromatic rings. The second-order valence-electron chi connectivity index (χ2n) is 8.42. The molecular formula is C20H32N6O3. The molecule has 0 aliphatic carbocycles. The lowest BCUT2D eigenvalue weighted by molar-refractivity contribution is -0.136. The Morgan fingerprint density at radius 1 is 0.724 bits per heavy atom. The Morgan fingerprint density at radius 3 is 2.10 bits per heavy atom. The molecular weight excluding hydrogens is 372 g/mol. The van der Waals surface area contributed by atoms with Gasteiger partial charge in [-0.25, -0.2) is 9.48 Å². The van der Waals surface area contributed by atoms with Crippen LogP contribution in [0.5, 0.6) is 0 Å². The van der Waals surface area contributed by atoms with Crippen molar-refractivity contribution in [2.45, 2.75) is 58.0 Å². The summed E-state index contributed by atoms with van der Waals surface area (Å²) in [5.74, 6) is 0.944. The van der Waals surface area contributed by atoms with Gasteiger partial charge in [-0.1, -0.05) is 6.42 Å². The molecule has 0 bridgehead atoms. The van der Waals surface area contributed by atoms with Crippen molar-refractivity contribution in [2.24, 2.45) is 0 Å². The van der Waals surface area contributed by atoms with Crippen molar-refractivity contribution in [1.82, 2.24) is 29.0 Å². The fourth-order valence-corrected chi connectivity index (χ4v) is 4.55. The number of piperidine rings is 1. The second kappa shape index (κ2) is 9.11. The van der Waals surface area contributed by atoms with E-state index in [0.717, 1.165) is 57.4 Å². The van der Waals surface area contributed by atoms with Crippen molar-refractivity contribution >= 4 is 11.8 Å². The molecule has 2 amide bonds. The lowest BCUT2D eigenvalue weighted by Gasteiger charge is -2.36. The first-order chi connectivity index (χ1) is 14.1. The van der Waals surface area contributed by atoms with Gasteiger partial charge in [-0.05, 0) is 32.1 Å². The summed E-state index contributed by atoms with van der Waals surface area (Å²) in [6, 6.07) is 0. The molecule has 0 spiro atoms. The number of amides is 2. The highest BCUT2D eigenvalue weighted by atomic mass is 16.2. The zero-order chi connectivity index (χ0) is 20.2. The van der Waals surface area contributed by atoms with Crippen LogP contribution in [0.2, 0.25) is 0 Å². The third kappa shape index (κ3) is 4.71. The van der Waals surface area contributed by atoms with Gasteiger partial charge in [0.1, 0.15) is 12.4 Å². The average Bonchev–Trinajstić information content (AvgIpc) is 2.90. The van der Waals surface area contributed by atoms with Gasteiger partial charge in [0.2, 0.25) is 11.8 Å². The number of hydrogen-bond acceptors (Lipinski definition) is 5. The molecule has 29 heavy (non-hydrogen) atoms. The lowest BCUT2D eigenvalue weighted by Crippen LogP contribution is -2.52. The molecule has 0 radical (unpaired) electrons. The quantitative estimate of drug-likeness (QED) is 0.701. The molecule has 1 aromatic heterocycles. The fourth-order valence-electron chi connectivity index (χ4n) is 4.55. The van der Waals surface area contributed by atoms with Crippen molar-refractivity contribution in [3.05, 3.63) is 16.3 Å². The maximum atomic E-state index is 12.7. The molecule has 4 rings (SSSR count). The lowest BCUT2D eigenvalue weighted by atomic mass is 10.1. The van der Waals surface area contributed by atoms with E-state index in [1.807, 2.05) is 4.90 Å². The van der Waals surface area contributed by atoms with E-state index >= 15 is 0 Å². The molecule has 160 valence electrons. The number of carbonyl (C=O) groups is 2. The number of aryl methyl sites for hydroxylation is 1. The van der Waals surface area contributed by atoms with E-state index in [-0.39, 0.29) is 24.0 Å². The third-order valence-corrected chi connectivity index (χ3v) is 6.36. The summed E-state index contributed by atoms with van der Waals surface area (Å²) in [7, 11) is 0. The van der Waals surface area contributed by atoms with Crippen LogP contribution in [0.15, 0.2) is 4.79 Å². The van der Waals surface area contributed by atoms with Gasteiger partial charge in [-0.2, -0.15) is 5.10 Å². The largest absolute Gasteiger partial charge is 0.346 e. The van der Waals surface area contributed by atoms with Gasteiger partial charge in [-0.15, -0.1) is 0 Å². The Balaban J connectivity index is 1.27. The van der Waals surface area contributed by atoms with Crippen molar-refractivity contribution in [3.8, 4) is 0 Å². The first-order valence-electron chi connectivity index (χ1n) is 11.1. The Labute approximate surface area is 171 Å². The summed E-state index contributed by atoms with van der Waals surface area (Å²) < 4.78 is 3.06. The van der Waals surface area contributed by atoms with Gasteiger partial charge < -0.3 is 9.80 Å². The molecule has 0 N–H and O–H groups in total. The first-order valence-corrected chi connectivity index (χ1v) is 11.1. The highest BCUT2D eigenvalue weighted by molar-refractivity contribution is 5.78. The van der Waals surface area contributed by atoms with Crippen LogP contribution in [-0.2, 0) is 29.1 Å². The number of aromatic nitrogens is 3. The highest BCUT2D eigenvalue weighted by Gasteiger charge is 2.26. The predicted octanol–water partition coefficient (Wildman–Crippen LogP) is -0.0721. The fraction of sp³-hybridized carbons (Fsp3) is 0.800. The van der Waals surface area contributed by atoms with E-state index in [0.29, 0.717) is 39.3 Å². The second-order valence-corrected chi connectivity index (χ2v) is 8.42. The van der Waals surface area contributed by atoms with E-state index in [1.165, 1.54) is 11.1 Å². The van der Waals surface area contributed by atoms with E-state index in [9.17, 15) is 14.4 Å². The van der Waals surface area contributed by atoms with Crippen LogP contribution in [0.1, 0.15) is 44.3 Å². The predicted molar refractivity (Wildman–Crippen MR) is 107 cm³/mol. The Morgan fingerprint density at radius 2 is 1.34 bits per heavy atom. The van der Waals surface area contributed by atoms with Crippen LogP contribution < -0.4 is 5.69 Å². The van der Waals surface area contributed by atoms with Gasteiger partial charge in [0.25, 0.3) is 0 Å². The number of piperazine rings is 1. The van der Waals surface area contributed by atoms with Crippen molar-refractivity contribution in [3.63, 3.8) is 0 Å². The molecule has 9 nitrogen and oxygen atoms in total. The summed E-state index contributed by atoms with van der Waals surface area (Å²) in [5.41, 5.74) is -0.166. The zero-order valence-corrected chi connectivity index (χ0v) is 17.2. The molecule has 0 unspecified atom stereocenters. The molecule has 3 aliphatic rings. The maximum Gasteiger partial charge on any atom is 0.346 e. The highest BCUT2D eigenvalue weighted by Crippen LogP contribution is 2.12. The number of rotatable bonds is 4. The number of hydrogen-bond donors (Lipinski definition) is 0. The summed E-state index contributed by atoms with van der Waals surface area (Å²) in [5, 5.41) is 4.41. The van der Waals surface area contributed by atoms with Gasteiger partial charge >= 0.3 is 5.69 Å². The monoisotopic (exact) mass is 404 g/mol. The number of fused-ring (bicyclic) bond motifs is 1. The number of carbonyl (C=O) groups excluding carboxylic acids is 2. The van der Waals surface area contributed by atoms with Crippen LogP contribution in [0.4, 0.5) is 0 Å². The molecule has 2 saturated heterocycles. The normalized spacial score (nSPS) is 21.0. The molecule has 3 aliphatic heterocycles. The van der Waals surface area contributed by atoms with Gasteiger partial charge in [0.05, 0.1) is 6.54 Å². The number of nitrogens with zero attached hydrogens (tertiary/aromatic N) is 6. The van der Waals surface area contributed by atoms with Crippen LogP contribution in [0, 0.1) is 0 Å². The molecule has 9 heteroatoms. The third-order valence-electron chi connectivity index (χ3n) is 6.36. The SMILES string of the molecule is O=C(CN1CCN(C(=O)Cn2nc3n(c2=O)CCCCC3)CC1)N1CCCCC1. The van der Waals surface area contributed by atoms with E-state index < -0.39 is 0 Å². The average molecular weight is 405 g/mol. The van der Waals surface area contributed by atoms with Crippen molar-refractivity contribution < 1.29 is 9.59 Å². The zero-order valence-electron chi connectivity index (χ0n) is 17.2. The Kier molecular flexibility index (Phi) is 6.32. The molecule has 0 atom stereocenters. The van der Waals surface area contributed by atoms with Crippen molar-refractivity contribution in [1.29, 1.82) is 0 Å². The first kappa shape index (κ1) is 20.1. The summed E-state index contributed by atoms with van der Waals surface area (Å²) in [4.78, 5) is 43.6. The van der Waals surface area contributed by atoms with Crippen LogP contribution >= 0.6 is 0 Å². The summed E-state index contributed by atoms with van der Waals surface area (Å²) in [6.45, 7) is 5.47. The number of likely N-dealkylation sites (tertiary alicyclic amines) is 1. The minimum Gasteiger partial charge on any atom is -0.342 e. The molecule has 0 aromatic carbocycles. The van der Waals surface area contributed by atoms with E-state index in [2.05, 4.69) is 10.00 Å². The standard InChI is InChI=1S/C20H32N6O3/c27-18(23-8-4-2-5-9-23)15-22-11-13-24(14-12-22)19(28)16-26-20(29)25-10-6-1-3-7-17(25)21-26/h1-16H2. The molecule has 4 heterocycles. The maximum absolute atomic E-state index is 12.7. The van der Waals surface area contributed by atoms with Gasteiger partial charge in [0, 0.05) is 52.2 Å². The van der Waals surface area contributed by atoms with Crippen molar-refractivity contribution in [2.75, 3.05) is 45.8 Å². The van der Waals surface area contributed by atoms with Crippen LogP contribution in [0.25, 0.3) is 0 Å².